The molecule has 1 aliphatic heterocycles. The molecule has 1 saturated carbocycles. The summed E-state index contributed by atoms with van der Waals surface area (Å²) in [5, 5.41) is 5.98. The molecule has 0 radical (unpaired) electrons. The van der Waals surface area contributed by atoms with Crippen molar-refractivity contribution in [3.63, 3.8) is 0 Å². The first kappa shape index (κ1) is 12.0. The topological polar surface area (TPSA) is 45.2 Å². The third-order valence-electron chi connectivity index (χ3n) is 3.79. The summed E-state index contributed by atoms with van der Waals surface area (Å²) < 4.78 is 0. The number of nitrogens with zero attached hydrogens (tertiary/aromatic N) is 2. The van der Waals surface area contributed by atoms with E-state index >= 15 is 0 Å². The molecule has 1 N–H and O–H groups in total. The molecule has 0 spiro atoms. The van der Waals surface area contributed by atoms with Crippen molar-refractivity contribution >= 4 is 22.4 Å². The van der Waals surface area contributed by atoms with Crippen LogP contribution in [0.4, 0.5) is 5.13 Å². The molecular weight excluding hydrogens is 246 g/mol. The van der Waals surface area contributed by atoms with Gasteiger partial charge in [0.15, 0.2) is 5.13 Å². The van der Waals surface area contributed by atoms with Crippen molar-refractivity contribution in [2.45, 2.75) is 44.6 Å². The van der Waals surface area contributed by atoms with Crippen LogP contribution >= 0.6 is 11.3 Å². The molecule has 0 bridgehead atoms. The number of aromatic nitrogens is 1. The Balaban J connectivity index is 1.62. The fourth-order valence-electron chi connectivity index (χ4n) is 2.75. The second-order valence-corrected chi connectivity index (χ2v) is 6.00. The highest BCUT2D eigenvalue weighted by atomic mass is 32.1. The van der Waals surface area contributed by atoms with Gasteiger partial charge in [0.2, 0.25) is 0 Å². The Morgan fingerprint density at radius 1 is 1.28 bits per heavy atom. The predicted octanol–water partition coefficient (Wildman–Crippen LogP) is 2.42. The Kier molecular flexibility index (Phi) is 3.50. The molecule has 0 aromatic carbocycles. The first-order valence-corrected chi connectivity index (χ1v) is 7.72. The molecule has 4 nitrogen and oxygen atoms in total. The third kappa shape index (κ3) is 2.51. The summed E-state index contributed by atoms with van der Waals surface area (Å²) >= 11 is 1.59. The van der Waals surface area contributed by atoms with Crippen LogP contribution in [0.5, 0.6) is 0 Å². The SMILES string of the molecule is O=C(NC1CCCC1)c1csc(N2CCCC2)n1. The van der Waals surface area contributed by atoms with Crippen molar-refractivity contribution < 1.29 is 4.79 Å². The number of thiazole rings is 1. The number of hydrogen-bond donors (Lipinski definition) is 1. The van der Waals surface area contributed by atoms with E-state index in [1.165, 1.54) is 25.7 Å². The summed E-state index contributed by atoms with van der Waals surface area (Å²) in [6.45, 7) is 2.16. The lowest BCUT2D eigenvalue weighted by Gasteiger charge is -2.12. The standard InChI is InChI=1S/C13H19N3OS/c17-12(14-10-5-1-2-6-10)11-9-18-13(15-11)16-7-3-4-8-16/h9-10H,1-8H2,(H,14,17). The summed E-state index contributed by atoms with van der Waals surface area (Å²) in [7, 11) is 0. The second-order valence-electron chi connectivity index (χ2n) is 5.16. The van der Waals surface area contributed by atoms with Crippen LogP contribution < -0.4 is 10.2 Å². The number of rotatable bonds is 3. The molecule has 3 rings (SSSR count). The van der Waals surface area contributed by atoms with E-state index in [-0.39, 0.29) is 5.91 Å². The Labute approximate surface area is 111 Å². The summed E-state index contributed by atoms with van der Waals surface area (Å²) in [6.07, 6.45) is 7.19. The van der Waals surface area contributed by atoms with Crippen LogP contribution in [0.25, 0.3) is 0 Å². The fourth-order valence-corrected chi connectivity index (χ4v) is 3.61. The van der Waals surface area contributed by atoms with Crippen molar-refractivity contribution in [3.05, 3.63) is 11.1 Å². The van der Waals surface area contributed by atoms with Crippen LogP contribution in [-0.4, -0.2) is 30.0 Å². The molecule has 1 aromatic heterocycles. The van der Waals surface area contributed by atoms with Crippen LogP contribution in [0.1, 0.15) is 49.0 Å². The molecule has 1 aliphatic carbocycles. The lowest BCUT2D eigenvalue weighted by atomic mass is 10.2. The summed E-state index contributed by atoms with van der Waals surface area (Å²) in [6, 6.07) is 0.370. The summed E-state index contributed by atoms with van der Waals surface area (Å²) in [5.74, 6) is 0.00333. The van der Waals surface area contributed by atoms with E-state index in [2.05, 4.69) is 15.2 Å². The van der Waals surface area contributed by atoms with Gasteiger partial charge in [0.05, 0.1) is 0 Å². The maximum Gasteiger partial charge on any atom is 0.271 e. The zero-order valence-electron chi connectivity index (χ0n) is 10.5. The number of anilines is 1. The third-order valence-corrected chi connectivity index (χ3v) is 4.69. The molecule has 0 unspecified atom stereocenters. The molecule has 18 heavy (non-hydrogen) atoms. The number of carbonyl (C=O) groups is 1. The van der Waals surface area contributed by atoms with Crippen LogP contribution in [0.15, 0.2) is 5.38 Å². The van der Waals surface area contributed by atoms with Gasteiger partial charge in [0, 0.05) is 24.5 Å². The van der Waals surface area contributed by atoms with Gasteiger partial charge in [-0.2, -0.15) is 0 Å². The minimum Gasteiger partial charge on any atom is -0.348 e. The van der Waals surface area contributed by atoms with E-state index < -0.39 is 0 Å². The van der Waals surface area contributed by atoms with E-state index in [1.54, 1.807) is 11.3 Å². The largest absolute Gasteiger partial charge is 0.348 e. The van der Waals surface area contributed by atoms with Gasteiger partial charge in [-0.25, -0.2) is 4.98 Å². The average Bonchev–Trinajstić information content (AvgIpc) is 3.11. The predicted molar refractivity (Wildman–Crippen MR) is 73.3 cm³/mol. The number of amides is 1. The highest BCUT2D eigenvalue weighted by Gasteiger charge is 2.21. The van der Waals surface area contributed by atoms with Gasteiger partial charge >= 0.3 is 0 Å². The first-order valence-electron chi connectivity index (χ1n) is 6.84. The molecule has 1 saturated heterocycles. The molecule has 5 heteroatoms. The quantitative estimate of drug-likeness (QED) is 0.913. The molecule has 2 aliphatic rings. The molecular formula is C13H19N3OS. The number of nitrogens with one attached hydrogen (secondary N) is 1. The lowest BCUT2D eigenvalue weighted by Crippen LogP contribution is -2.32. The average molecular weight is 265 g/mol. The normalized spacial score (nSPS) is 20.6. The molecule has 98 valence electrons. The lowest BCUT2D eigenvalue weighted by molar-refractivity contribution is 0.0933. The number of hydrogen-bond acceptors (Lipinski definition) is 4. The van der Waals surface area contributed by atoms with E-state index in [9.17, 15) is 4.79 Å². The van der Waals surface area contributed by atoms with E-state index in [0.717, 1.165) is 31.1 Å². The van der Waals surface area contributed by atoms with Gasteiger partial charge < -0.3 is 10.2 Å². The van der Waals surface area contributed by atoms with Gasteiger partial charge in [-0.15, -0.1) is 11.3 Å². The van der Waals surface area contributed by atoms with E-state index in [4.69, 9.17) is 0 Å². The molecule has 1 amide bonds. The van der Waals surface area contributed by atoms with Crippen molar-refractivity contribution in [3.8, 4) is 0 Å². The van der Waals surface area contributed by atoms with Crippen LogP contribution in [0, 0.1) is 0 Å². The van der Waals surface area contributed by atoms with Crippen LogP contribution in [0.3, 0.4) is 0 Å². The van der Waals surface area contributed by atoms with E-state index in [1.807, 2.05) is 5.38 Å². The maximum absolute atomic E-state index is 12.0. The molecule has 1 aromatic rings. The second kappa shape index (κ2) is 5.26. The van der Waals surface area contributed by atoms with Gasteiger partial charge in [0.1, 0.15) is 5.69 Å². The van der Waals surface area contributed by atoms with Crippen LogP contribution in [0.2, 0.25) is 0 Å². The molecule has 2 heterocycles. The van der Waals surface area contributed by atoms with Crippen molar-refractivity contribution in [2.24, 2.45) is 0 Å². The van der Waals surface area contributed by atoms with Gasteiger partial charge in [0.25, 0.3) is 5.91 Å². The smallest absolute Gasteiger partial charge is 0.271 e. The minimum atomic E-state index is 0.00333. The highest BCUT2D eigenvalue weighted by molar-refractivity contribution is 7.13. The monoisotopic (exact) mass is 265 g/mol. The van der Waals surface area contributed by atoms with Crippen LogP contribution in [-0.2, 0) is 0 Å². The zero-order valence-corrected chi connectivity index (χ0v) is 11.3. The first-order chi connectivity index (χ1) is 8.83. The summed E-state index contributed by atoms with van der Waals surface area (Å²) in [4.78, 5) is 18.8. The van der Waals surface area contributed by atoms with Gasteiger partial charge in [-0.1, -0.05) is 12.8 Å². The number of carbonyl (C=O) groups excluding carboxylic acids is 1. The summed E-state index contributed by atoms with van der Waals surface area (Å²) in [5.41, 5.74) is 0.591. The molecule has 0 atom stereocenters. The highest BCUT2D eigenvalue weighted by Crippen LogP contribution is 2.25. The van der Waals surface area contributed by atoms with Gasteiger partial charge in [-0.05, 0) is 25.7 Å². The van der Waals surface area contributed by atoms with Crippen molar-refractivity contribution in [1.82, 2.24) is 10.3 Å². The van der Waals surface area contributed by atoms with Gasteiger partial charge in [-0.3, -0.25) is 4.79 Å². The Morgan fingerprint density at radius 2 is 2.00 bits per heavy atom. The van der Waals surface area contributed by atoms with E-state index in [0.29, 0.717) is 11.7 Å². The maximum atomic E-state index is 12.0. The Morgan fingerprint density at radius 3 is 2.72 bits per heavy atom. The van der Waals surface area contributed by atoms with Crippen molar-refractivity contribution in [2.75, 3.05) is 18.0 Å². The Hall–Kier alpha value is -1.10. The van der Waals surface area contributed by atoms with Crippen molar-refractivity contribution in [1.29, 1.82) is 0 Å². The molecule has 2 fully saturated rings. The minimum absolute atomic E-state index is 0.00333. The fraction of sp³-hybridized carbons (Fsp3) is 0.692. The zero-order chi connectivity index (χ0) is 12.4. The Bertz CT molecular complexity index is 420.